The molecule has 0 spiro atoms. The second-order valence-electron chi connectivity index (χ2n) is 5.48. The maximum absolute atomic E-state index is 11.0. The van der Waals surface area contributed by atoms with Crippen molar-refractivity contribution in [3.05, 3.63) is 48.0 Å². The molecule has 2 rings (SSSR count). The van der Waals surface area contributed by atoms with Gasteiger partial charge in [0.2, 0.25) is 0 Å². The van der Waals surface area contributed by atoms with Crippen LogP contribution in [0.1, 0.15) is 18.3 Å². The van der Waals surface area contributed by atoms with Crippen LogP contribution >= 0.6 is 7.60 Å². The molecule has 2 N–H and O–H groups in total. The van der Waals surface area contributed by atoms with E-state index in [1.165, 1.54) is 5.69 Å². The largest absolute Gasteiger partial charge is 0.331 e. The van der Waals surface area contributed by atoms with Crippen LogP contribution in [0, 0.1) is 13.8 Å². The highest BCUT2D eigenvalue weighted by atomic mass is 31.2. The number of aryl methyl sites for hydroxylation is 4. The Morgan fingerprint density at radius 2 is 1.50 bits per heavy atom. The molecule has 0 saturated carbocycles. The van der Waals surface area contributed by atoms with Crippen LogP contribution < -0.4 is 9.13 Å². The molecule has 0 atom stereocenters. The fourth-order valence-corrected chi connectivity index (χ4v) is 2.97. The molecule has 0 aliphatic carbocycles. The summed E-state index contributed by atoms with van der Waals surface area (Å²) in [5.41, 5.74) is 4.44. The first-order chi connectivity index (χ1) is 10.3. The Kier molecular flexibility index (Phi) is 5.12. The van der Waals surface area contributed by atoms with Crippen LogP contribution in [-0.2, 0) is 17.7 Å². The monoisotopic (exact) mass is 322 g/mol. The lowest BCUT2D eigenvalue weighted by Crippen LogP contribution is -2.38. The topological polar surface area (TPSA) is 65.3 Å². The van der Waals surface area contributed by atoms with Gasteiger partial charge in [-0.1, -0.05) is 0 Å². The number of aromatic nitrogens is 2. The quantitative estimate of drug-likeness (QED) is 0.651. The molecule has 2 aromatic rings. The van der Waals surface area contributed by atoms with E-state index >= 15 is 0 Å². The van der Waals surface area contributed by atoms with Crippen molar-refractivity contribution in [2.75, 3.05) is 6.16 Å². The van der Waals surface area contributed by atoms with Crippen molar-refractivity contribution >= 4 is 7.60 Å². The van der Waals surface area contributed by atoms with Gasteiger partial charge in [-0.25, -0.2) is 9.13 Å². The van der Waals surface area contributed by atoms with Gasteiger partial charge < -0.3 is 9.79 Å². The average Bonchev–Trinajstić information content (AvgIpc) is 2.45. The summed E-state index contributed by atoms with van der Waals surface area (Å²) in [6.07, 6.45) is 3.82. The Morgan fingerprint density at radius 3 is 1.91 bits per heavy atom. The normalized spacial score (nSPS) is 11.7. The molecule has 22 heavy (non-hydrogen) atoms. The van der Waals surface area contributed by atoms with Gasteiger partial charge in [-0.3, -0.25) is 4.57 Å². The molecule has 0 aliphatic rings. The van der Waals surface area contributed by atoms with Gasteiger partial charge in [0.1, 0.15) is 12.7 Å². The molecule has 0 bridgehead atoms. The van der Waals surface area contributed by atoms with E-state index < -0.39 is 7.60 Å². The number of pyridine rings is 2. The smallest absolute Gasteiger partial charge is 0.324 e. The fraction of sp³-hybridized carbons (Fsp3) is 0.375. The zero-order valence-electron chi connectivity index (χ0n) is 13.2. The summed E-state index contributed by atoms with van der Waals surface area (Å²) in [5, 5.41) is 0. The molecule has 0 fully saturated rings. The molecule has 0 saturated heterocycles. The number of hydrogen-bond acceptors (Lipinski definition) is 1. The molecule has 0 aliphatic heterocycles. The zero-order chi connectivity index (χ0) is 16.3. The van der Waals surface area contributed by atoms with E-state index in [0.717, 1.165) is 23.4 Å². The summed E-state index contributed by atoms with van der Waals surface area (Å²) in [6.45, 7) is 7.42. The molecule has 0 aromatic carbocycles. The Morgan fingerprint density at radius 1 is 1.00 bits per heavy atom. The van der Waals surface area contributed by atoms with Crippen LogP contribution in [0.2, 0.25) is 0 Å². The second kappa shape index (κ2) is 6.69. The highest BCUT2D eigenvalue weighted by Gasteiger charge is 2.18. The third-order valence-electron chi connectivity index (χ3n) is 3.81. The van der Waals surface area contributed by atoms with E-state index in [4.69, 9.17) is 9.79 Å². The molecular weight excluding hydrogens is 299 g/mol. The predicted molar refractivity (Wildman–Crippen MR) is 84.3 cm³/mol. The fourth-order valence-electron chi connectivity index (χ4n) is 2.49. The van der Waals surface area contributed by atoms with Crippen LogP contribution in [-0.4, -0.2) is 15.9 Å². The molecule has 0 unspecified atom stereocenters. The summed E-state index contributed by atoms with van der Waals surface area (Å²) in [5.74, 6) is 0. The molecule has 0 radical (unpaired) electrons. The first kappa shape index (κ1) is 16.8. The van der Waals surface area contributed by atoms with Crippen molar-refractivity contribution in [1.82, 2.24) is 0 Å². The van der Waals surface area contributed by atoms with Crippen molar-refractivity contribution in [3.8, 4) is 11.1 Å². The SMILES string of the molecule is CC[n+]1ccc(-c2cc[n+](CCP(=O)(O)O)c(C)c2)cc1C. The van der Waals surface area contributed by atoms with Crippen LogP contribution in [0.3, 0.4) is 0 Å². The Labute approximate surface area is 131 Å². The molecule has 5 nitrogen and oxygen atoms in total. The van der Waals surface area contributed by atoms with Crippen molar-refractivity contribution < 1.29 is 23.5 Å². The second-order valence-corrected chi connectivity index (χ2v) is 7.26. The molecule has 118 valence electrons. The van der Waals surface area contributed by atoms with Gasteiger partial charge in [0, 0.05) is 38.1 Å². The summed E-state index contributed by atoms with van der Waals surface area (Å²) < 4.78 is 15.0. The highest BCUT2D eigenvalue weighted by Crippen LogP contribution is 2.33. The van der Waals surface area contributed by atoms with Crippen LogP contribution in [0.25, 0.3) is 11.1 Å². The maximum Gasteiger partial charge on any atom is 0.331 e. The van der Waals surface area contributed by atoms with Gasteiger partial charge in [0.05, 0.1) is 0 Å². The zero-order valence-corrected chi connectivity index (χ0v) is 14.1. The van der Waals surface area contributed by atoms with Gasteiger partial charge in [-0.2, -0.15) is 0 Å². The van der Waals surface area contributed by atoms with E-state index in [-0.39, 0.29) is 6.16 Å². The first-order valence-corrected chi connectivity index (χ1v) is 9.15. The maximum atomic E-state index is 11.0. The van der Waals surface area contributed by atoms with E-state index in [0.29, 0.717) is 6.54 Å². The molecule has 2 aromatic heterocycles. The lowest BCUT2D eigenvalue weighted by Gasteiger charge is -2.06. The minimum absolute atomic E-state index is 0.140. The third kappa shape index (κ3) is 4.23. The lowest BCUT2D eigenvalue weighted by molar-refractivity contribution is -0.699. The summed E-state index contributed by atoms with van der Waals surface area (Å²) in [4.78, 5) is 18.0. The first-order valence-electron chi connectivity index (χ1n) is 7.35. The van der Waals surface area contributed by atoms with Crippen LogP contribution in [0.5, 0.6) is 0 Å². The van der Waals surface area contributed by atoms with Crippen molar-refractivity contribution in [3.63, 3.8) is 0 Å². The Bertz CT molecular complexity index is 725. The average molecular weight is 322 g/mol. The standard InChI is InChI=1S/C16H21N2O3P/c1-4-17-7-5-15(11-13(17)2)16-6-8-18(14(3)12-16)9-10-22(19,20)21/h5-8,11-12H,4,9-10H2,1-3H3/p+2. The summed E-state index contributed by atoms with van der Waals surface area (Å²) in [7, 11) is -3.96. The molecule has 0 amide bonds. The molecular formula is C16H23N2O3P+2. The van der Waals surface area contributed by atoms with E-state index in [2.05, 4.69) is 36.7 Å². The van der Waals surface area contributed by atoms with Gasteiger partial charge >= 0.3 is 7.60 Å². The lowest BCUT2D eigenvalue weighted by atomic mass is 10.1. The minimum atomic E-state index is -3.96. The Balaban J connectivity index is 2.25. The van der Waals surface area contributed by atoms with E-state index in [1.807, 2.05) is 29.8 Å². The van der Waals surface area contributed by atoms with Gasteiger partial charge in [-0.05, 0) is 18.1 Å². The number of nitrogens with zero attached hydrogens (tertiary/aromatic N) is 2. The summed E-state index contributed by atoms with van der Waals surface area (Å²) in [6, 6.07) is 8.27. The minimum Gasteiger partial charge on any atom is -0.324 e. The third-order valence-corrected chi connectivity index (χ3v) is 4.59. The van der Waals surface area contributed by atoms with Crippen molar-refractivity contribution in [2.24, 2.45) is 0 Å². The number of rotatable bonds is 5. The van der Waals surface area contributed by atoms with Crippen molar-refractivity contribution in [1.29, 1.82) is 0 Å². The summed E-state index contributed by atoms with van der Waals surface area (Å²) >= 11 is 0. The van der Waals surface area contributed by atoms with E-state index in [1.54, 1.807) is 0 Å². The van der Waals surface area contributed by atoms with Crippen LogP contribution in [0.15, 0.2) is 36.7 Å². The predicted octanol–water partition coefficient (Wildman–Crippen LogP) is 1.74. The highest BCUT2D eigenvalue weighted by molar-refractivity contribution is 7.51. The van der Waals surface area contributed by atoms with Gasteiger partial charge in [-0.15, -0.1) is 0 Å². The molecule has 6 heteroatoms. The van der Waals surface area contributed by atoms with Crippen molar-refractivity contribution in [2.45, 2.75) is 33.9 Å². The Hall–Kier alpha value is -1.55. The van der Waals surface area contributed by atoms with Crippen LogP contribution in [0.4, 0.5) is 0 Å². The molecule has 2 heterocycles. The van der Waals surface area contributed by atoms with Gasteiger partial charge in [0.15, 0.2) is 30.3 Å². The number of hydrogen-bond donors (Lipinski definition) is 2. The van der Waals surface area contributed by atoms with E-state index in [9.17, 15) is 4.57 Å². The van der Waals surface area contributed by atoms with Gasteiger partial charge in [0.25, 0.3) is 0 Å².